The number of aliphatic hydroxyl groups is 2. The van der Waals surface area contributed by atoms with E-state index in [1.54, 1.807) is 0 Å². The molecule has 174 valence electrons. The van der Waals surface area contributed by atoms with Crippen LogP contribution in [-0.4, -0.2) is 47.8 Å². The van der Waals surface area contributed by atoms with Crippen molar-refractivity contribution in [2.24, 2.45) is 0 Å². The molecular weight excluding hydrogens is 408 g/mol. The minimum absolute atomic E-state index is 0.306. The summed E-state index contributed by atoms with van der Waals surface area (Å²) in [5.74, 6) is 0. The maximum Gasteiger partial charge on any atom is 0.185 e. The number of hydrogen-bond acceptors (Lipinski definition) is 6. The fraction of sp³-hybridized carbons (Fsp3) is 0.538. The first-order chi connectivity index (χ1) is 15.2. The van der Waals surface area contributed by atoms with Gasteiger partial charge in [-0.3, -0.25) is 0 Å². The number of aliphatic hydroxyl groups excluding tert-OH is 2. The van der Waals surface area contributed by atoms with Crippen LogP contribution in [0.1, 0.15) is 57.1 Å². The maximum atomic E-state index is 10.6. The highest BCUT2D eigenvalue weighted by Crippen LogP contribution is 2.40. The van der Waals surface area contributed by atoms with Gasteiger partial charge in [0.15, 0.2) is 12.6 Å². The van der Waals surface area contributed by atoms with Crippen molar-refractivity contribution in [1.82, 2.24) is 0 Å². The fourth-order valence-corrected chi connectivity index (χ4v) is 4.56. The second kappa shape index (κ2) is 9.21. The Morgan fingerprint density at radius 1 is 0.750 bits per heavy atom. The molecule has 2 N–H and O–H groups in total. The quantitative estimate of drug-likeness (QED) is 0.750. The van der Waals surface area contributed by atoms with Crippen LogP contribution in [-0.2, 0) is 18.9 Å². The van der Waals surface area contributed by atoms with Crippen LogP contribution < -0.4 is 0 Å². The van der Waals surface area contributed by atoms with Crippen molar-refractivity contribution in [1.29, 1.82) is 0 Å². The Morgan fingerprint density at radius 2 is 1.28 bits per heavy atom. The van der Waals surface area contributed by atoms with E-state index in [1.807, 2.05) is 20.8 Å². The van der Waals surface area contributed by atoms with Crippen LogP contribution in [0.3, 0.4) is 0 Å². The van der Waals surface area contributed by atoms with E-state index in [-0.39, 0.29) is 0 Å². The Labute approximate surface area is 190 Å². The molecule has 4 rings (SSSR count). The highest BCUT2D eigenvalue weighted by Gasteiger charge is 2.48. The summed E-state index contributed by atoms with van der Waals surface area (Å²) >= 11 is 0. The van der Waals surface area contributed by atoms with Crippen LogP contribution in [0.25, 0.3) is 0 Å². The first-order valence-electron chi connectivity index (χ1n) is 11.2. The molecule has 2 aromatic carbocycles. The van der Waals surface area contributed by atoms with Gasteiger partial charge in [-0.2, -0.15) is 0 Å². The van der Waals surface area contributed by atoms with Gasteiger partial charge in [-0.05, 0) is 74.9 Å². The van der Waals surface area contributed by atoms with Crippen molar-refractivity contribution in [3.05, 3.63) is 68.8 Å². The van der Waals surface area contributed by atoms with Crippen molar-refractivity contribution >= 4 is 0 Å². The minimum Gasteiger partial charge on any atom is -0.394 e. The van der Waals surface area contributed by atoms with Gasteiger partial charge in [0.05, 0.1) is 13.2 Å². The Kier molecular flexibility index (Phi) is 6.73. The lowest BCUT2D eigenvalue weighted by molar-refractivity contribution is -0.373. The number of fused-ring (bicyclic) bond motifs is 1. The third-order valence-electron chi connectivity index (χ3n) is 6.80. The Bertz CT molecular complexity index is 985. The molecule has 2 fully saturated rings. The van der Waals surface area contributed by atoms with Crippen molar-refractivity contribution in [2.75, 3.05) is 13.2 Å². The molecule has 0 amide bonds. The molecule has 32 heavy (non-hydrogen) atoms. The molecule has 0 spiro atoms. The molecule has 2 aromatic rings. The van der Waals surface area contributed by atoms with Gasteiger partial charge >= 0.3 is 0 Å². The van der Waals surface area contributed by atoms with Gasteiger partial charge in [0, 0.05) is 11.1 Å². The van der Waals surface area contributed by atoms with Crippen LogP contribution >= 0.6 is 0 Å². The lowest BCUT2D eigenvalue weighted by Gasteiger charge is -2.47. The highest BCUT2D eigenvalue weighted by molar-refractivity contribution is 5.38. The summed E-state index contributed by atoms with van der Waals surface area (Å²) in [5, 5.41) is 20.3. The smallest absolute Gasteiger partial charge is 0.185 e. The molecule has 0 bridgehead atoms. The second-order valence-corrected chi connectivity index (χ2v) is 9.21. The first kappa shape index (κ1) is 23.4. The van der Waals surface area contributed by atoms with E-state index in [2.05, 4.69) is 45.0 Å². The van der Waals surface area contributed by atoms with Gasteiger partial charge in [-0.1, -0.05) is 24.3 Å². The molecule has 6 atom stereocenters. The molecule has 6 heteroatoms. The Hall–Kier alpha value is -1.80. The number of hydrogen-bond donors (Lipinski definition) is 2. The van der Waals surface area contributed by atoms with Crippen LogP contribution in [0, 0.1) is 41.5 Å². The highest BCUT2D eigenvalue weighted by atomic mass is 16.8. The first-order valence-corrected chi connectivity index (χ1v) is 11.2. The summed E-state index contributed by atoms with van der Waals surface area (Å²) in [6, 6.07) is 8.37. The second-order valence-electron chi connectivity index (χ2n) is 9.21. The van der Waals surface area contributed by atoms with Crippen molar-refractivity contribution in [2.45, 2.75) is 78.5 Å². The molecule has 2 heterocycles. The summed E-state index contributed by atoms with van der Waals surface area (Å²) in [4.78, 5) is 0. The average molecular weight is 443 g/mol. The number of rotatable bonds is 4. The average Bonchev–Trinajstić information content (AvgIpc) is 2.77. The molecule has 6 unspecified atom stereocenters. The number of benzene rings is 2. The van der Waals surface area contributed by atoms with E-state index in [1.165, 1.54) is 11.1 Å². The molecule has 2 aliphatic rings. The van der Waals surface area contributed by atoms with Crippen molar-refractivity contribution < 1.29 is 29.2 Å². The molecule has 2 saturated heterocycles. The number of ether oxygens (including phenoxy) is 4. The fourth-order valence-electron chi connectivity index (χ4n) is 4.56. The van der Waals surface area contributed by atoms with Gasteiger partial charge in [-0.25, -0.2) is 0 Å². The molecule has 0 radical (unpaired) electrons. The third-order valence-corrected chi connectivity index (χ3v) is 6.80. The largest absolute Gasteiger partial charge is 0.394 e. The monoisotopic (exact) mass is 442 g/mol. The van der Waals surface area contributed by atoms with E-state index < -0.39 is 43.6 Å². The van der Waals surface area contributed by atoms with Crippen molar-refractivity contribution in [3.63, 3.8) is 0 Å². The predicted molar refractivity (Wildman–Crippen MR) is 120 cm³/mol. The minimum atomic E-state index is -1.10. The number of aryl methyl sites for hydroxylation is 6. The zero-order chi connectivity index (χ0) is 23.2. The van der Waals surface area contributed by atoms with Crippen LogP contribution in [0.15, 0.2) is 24.3 Å². The molecule has 6 nitrogen and oxygen atoms in total. The van der Waals surface area contributed by atoms with E-state index in [4.69, 9.17) is 18.9 Å². The van der Waals surface area contributed by atoms with E-state index >= 15 is 0 Å². The van der Waals surface area contributed by atoms with Gasteiger partial charge in [0.1, 0.15) is 24.4 Å². The van der Waals surface area contributed by atoms with Crippen LogP contribution in [0.2, 0.25) is 0 Å². The van der Waals surface area contributed by atoms with Gasteiger partial charge < -0.3 is 29.2 Å². The lowest BCUT2D eigenvalue weighted by atomic mass is 9.96. The van der Waals surface area contributed by atoms with Crippen LogP contribution in [0.5, 0.6) is 0 Å². The standard InChI is InChI=1S/C26H34O6/c1-13-7-17(5)19(9-15(13)3)25-29-12-22-24(32-25)23(21(28)11-27)31-26(30-22)20-10-16(4)14(2)8-18(20)6/h7-10,21-28H,11-12H2,1-6H3. The Balaban J connectivity index is 1.62. The van der Waals surface area contributed by atoms with E-state index in [9.17, 15) is 10.2 Å². The lowest BCUT2D eigenvalue weighted by Crippen LogP contribution is -2.58. The Morgan fingerprint density at radius 3 is 1.84 bits per heavy atom. The van der Waals surface area contributed by atoms with E-state index in [0.29, 0.717) is 6.61 Å². The topological polar surface area (TPSA) is 77.4 Å². The molecule has 0 saturated carbocycles. The molecular formula is C26H34O6. The zero-order valence-corrected chi connectivity index (χ0v) is 19.7. The predicted octanol–water partition coefficient (Wildman–Crippen LogP) is 3.79. The van der Waals surface area contributed by atoms with Gasteiger partial charge in [0.25, 0.3) is 0 Å². The SMILES string of the molecule is Cc1cc(C)c(C2OC3COC(c4cc(C)c(C)cc4C)OC3C(C(O)CO)O2)cc1C. The van der Waals surface area contributed by atoms with Gasteiger partial charge in [0.2, 0.25) is 0 Å². The third kappa shape index (κ3) is 4.36. The summed E-state index contributed by atoms with van der Waals surface area (Å²) in [6.07, 6.45) is -4.10. The molecule has 2 aliphatic heterocycles. The van der Waals surface area contributed by atoms with E-state index in [0.717, 1.165) is 33.4 Å². The zero-order valence-electron chi connectivity index (χ0n) is 19.7. The summed E-state index contributed by atoms with van der Waals surface area (Å²) in [6.45, 7) is 12.2. The van der Waals surface area contributed by atoms with Crippen molar-refractivity contribution in [3.8, 4) is 0 Å². The summed E-state index contributed by atoms with van der Waals surface area (Å²) < 4.78 is 24.9. The normalized spacial score (nSPS) is 28.9. The summed E-state index contributed by atoms with van der Waals surface area (Å²) in [7, 11) is 0. The molecule has 0 aromatic heterocycles. The summed E-state index contributed by atoms with van der Waals surface area (Å²) in [5.41, 5.74) is 8.71. The van der Waals surface area contributed by atoms with Gasteiger partial charge in [-0.15, -0.1) is 0 Å². The van der Waals surface area contributed by atoms with Crippen LogP contribution in [0.4, 0.5) is 0 Å². The molecule has 0 aliphatic carbocycles. The maximum absolute atomic E-state index is 10.6.